The molecule has 0 radical (unpaired) electrons. The second-order valence-electron chi connectivity index (χ2n) is 7.18. The van der Waals surface area contributed by atoms with Crippen LogP contribution < -0.4 is 10.1 Å². The van der Waals surface area contributed by atoms with Crippen molar-refractivity contribution in [3.8, 4) is 5.75 Å². The van der Waals surface area contributed by atoms with Crippen LogP contribution in [0.25, 0.3) is 0 Å². The SMILES string of the molecule is CC(Sc1nncn1CCc1cccs1)C(=O)Nc1ccc(OCc2ccccc2)cc1. The fourth-order valence-corrected chi connectivity index (χ4v) is 4.55. The summed E-state index contributed by atoms with van der Waals surface area (Å²) >= 11 is 3.15. The molecule has 1 N–H and O–H groups in total. The van der Waals surface area contributed by atoms with Crippen LogP contribution in [-0.4, -0.2) is 25.9 Å². The van der Waals surface area contributed by atoms with Gasteiger partial charge in [0.05, 0.1) is 5.25 Å². The van der Waals surface area contributed by atoms with Gasteiger partial charge in [-0.2, -0.15) is 0 Å². The topological polar surface area (TPSA) is 69.0 Å². The molecule has 0 aliphatic carbocycles. The molecule has 0 saturated carbocycles. The molecule has 0 fully saturated rings. The van der Waals surface area contributed by atoms with Crippen molar-refractivity contribution in [2.24, 2.45) is 0 Å². The number of aryl methyl sites for hydroxylation is 2. The number of hydrogen-bond acceptors (Lipinski definition) is 6. The molecule has 4 rings (SSSR count). The molecule has 0 aliphatic rings. The van der Waals surface area contributed by atoms with Gasteiger partial charge in [-0.3, -0.25) is 4.79 Å². The number of aromatic nitrogens is 3. The summed E-state index contributed by atoms with van der Waals surface area (Å²) < 4.78 is 7.79. The van der Waals surface area contributed by atoms with Crippen LogP contribution in [0.15, 0.2) is 83.6 Å². The van der Waals surface area contributed by atoms with Crippen LogP contribution in [0, 0.1) is 0 Å². The minimum atomic E-state index is -0.311. The summed E-state index contributed by atoms with van der Waals surface area (Å²) in [4.78, 5) is 14.0. The highest BCUT2D eigenvalue weighted by Crippen LogP contribution is 2.24. The van der Waals surface area contributed by atoms with Gasteiger partial charge in [-0.05, 0) is 54.6 Å². The fourth-order valence-electron chi connectivity index (χ4n) is 3.01. The summed E-state index contributed by atoms with van der Waals surface area (Å²) in [6.07, 6.45) is 2.64. The van der Waals surface area contributed by atoms with Crippen molar-refractivity contribution in [2.75, 3.05) is 5.32 Å². The maximum absolute atomic E-state index is 12.7. The molecular weight excluding hydrogens is 440 g/mol. The molecule has 2 heterocycles. The molecule has 0 saturated heterocycles. The van der Waals surface area contributed by atoms with Crippen molar-refractivity contribution < 1.29 is 9.53 Å². The molecule has 32 heavy (non-hydrogen) atoms. The second kappa shape index (κ2) is 11.0. The highest BCUT2D eigenvalue weighted by molar-refractivity contribution is 8.00. The van der Waals surface area contributed by atoms with Gasteiger partial charge in [0, 0.05) is 17.1 Å². The van der Waals surface area contributed by atoms with Gasteiger partial charge in [0.15, 0.2) is 5.16 Å². The molecule has 0 aliphatic heterocycles. The molecule has 1 unspecified atom stereocenters. The third kappa shape index (κ3) is 6.21. The van der Waals surface area contributed by atoms with E-state index in [2.05, 4.69) is 33.0 Å². The average Bonchev–Trinajstić information content (AvgIpc) is 3.50. The summed E-state index contributed by atoms with van der Waals surface area (Å²) in [5.41, 5.74) is 1.84. The van der Waals surface area contributed by atoms with Crippen LogP contribution in [0.4, 0.5) is 5.69 Å². The Morgan fingerprint density at radius 3 is 2.69 bits per heavy atom. The quantitative estimate of drug-likeness (QED) is 0.323. The predicted molar refractivity (Wildman–Crippen MR) is 129 cm³/mol. The van der Waals surface area contributed by atoms with E-state index in [-0.39, 0.29) is 11.2 Å². The molecule has 0 spiro atoms. The van der Waals surface area contributed by atoms with Gasteiger partial charge in [0.25, 0.3) is 0 Å². The van der Waals surface area contributed by atoms with Crippen LogP contribution in [-0.2, 0) is 24.4 Å². The highest BCUT2D eigenvalue weighted by Gasteiger charge is 2.18. The van der Waals surface area contributed by atoms with Crippen LogP contribution in [0.3, 0.4) is 0 Å². The smallest absolute Gasteiger partial charge is 0.237 e. The second-order valence-corrected chi connectivity index (χ2v) is 9.52. The first kappa shape index (κ1) is 22.1. The van der Waals surface area contributed by atoms with Crippen LogP contribution in [0.5, 0.6) is 5.75 Å². The molecule has 4 aromatic rings. The number of thioether (sulfide) groups is 1. The zero-order valence-electron chi connectivity index (χ0n) is 17.7. The maximum atomic E-state index is 12.7. The molecule has 164 valence electrons. The number of hydrogen-bond donors (Lipinski definition) is 1. The van der Waals surface area contributed by atoms with Gasteiger partial charge < -0.3 is 14.6 Å². The van der Waals surface area contributed by atoms with Gasteiger partial charge in [0.2, 0.25) is 5.91 Å². The normalized spacial score (nSPS) is 11.8. The maximum Gasteiger partial charge on any atom is 0.237 e. The number of benzene rings is 2. The number of nitrogens with zero attached hydrogens (tertiary/aromatic N) is 3. The number of thiophene rings is 1. The van der Waals surface area contributed by atoms with Gasteiger partial charge in [-0.25, -0.2) is 0 Å². The van der Waals surface area contributed by atoms with E-state index in [1.807, 2.05) is 66.1 Å². The predicted octanol–water partition coefficient (Wildman–Crippen LogP) is 5.28. The van der Waals surface area contributed by atoms with Crippen molar-refractivity contribution in [3.63, 3.8) is 0 Å². The highest BCUT2D eigenvalue weighted by atomic mass is 32.2. The Hall–Kier alpha value is -3.10. The first-order valence-corrected chi connectivity index (χ1v) is 12.1. The standard InChI is InChI=1S/C24H24N4O2S2/c1-18(32-24-27-25-17-28(24)14-13-22-8-5-15-31-22)23(29)26-20-9-11-21(12-10-20)30-16-19-6-3-2-4-7-19/h2-12,15,17-18H,13-14,16H2,1H3,(H,26,29). The van der Waals surface area contributed by atoms with E-state index in [1.165, 1.54) is 16.6 Å². The number of amides is 1. The third-order valence-corrected chi connectivity index (χ3v) is 6.81. The van der Waals surface area contributed by atoms with Gasteiger partial charge in [-0.1, -0.05) is 48.2 Å². The first-order valence-electron chi connectivity index (χ1n) is 10.3. The zero-order chi connectivity index (χ0) is 22.2. The number of carbonyl (C=O) groups excluding carboxylic acids is 1. The van der Waals surface area contributed by atoms with Crippen molar-refractivity contribution in [1.82, 2.24) is 14.8 Å². The van der Waals surface area contributed by atoms with Crippen molar-refractivity contribution in [3.05, 3.63) is 88.9 Å². The number of carbonyl (C=O) groups is 1. The number of nitrogens with one attached hydrogen (secondary N) is 1. The average molecular weight is 465 g/mol. The molecular formula is C24H24N4O2S2. The van der Waals surface area contributed by atoms with E-state index in [4.69, 9.17) is 4.74 Å². The Morgan fingerprint density at radius 1 is 1.12 bits per heavy atom. The lowest BCUT2D eigenvalue weighted by Gasteiger charge is -2.13. The van der Waals surface area contributed by atoms with Crippen LogP contribution in [0.1, 0.15) is 17.4 Å². The Balaban J connectivity index is 1.27. The summed E-state index contributed by atoms with van der Waals surface area (Å²) in [6, 6.07) is 21.6. The minimum absolute atomic E-state index is 0.0826. The Bertz CT molecular complexity index is 1110. The van der Waals surface area contributed by atoms with Gasteiger partial charge >= 0.3 is 0 Å². The Morgan fingerprint density at radius 2 is 1.94 bits per heavy atom. The largest absolute Gasteiger partial charge is 0.489 e. The van der Waals surface area contributed by atoms with E-state index in [0.717, 1.165) is 35.1 Å². The summed E-state index contributed by atoms with van der Waals surface area (Å²) in [5.74, 6) is 0.675. The first-order chi connectivity index (χ1) is 15.7. The molecule has 1 atom stereocenters. The molecule has 2 aromatic carbocycles. The van der Waals surface area contributed by atoms with E-state index < -0.39 is 0 Å². The molecule has 2 aromatic heterocycles. The van der Waals surface area contributed by atoms with E-state index in [9.17, 15) is 4.79 Å². The monoisotopic (exact) mass is 464 g/mol. The minimum Gasteiger partial charge on any atom is -0.489 e. The Kier molecular flexibility index (Phi) is 7.58. The van der Waals surface area contributed by atoms with Crippen LogP contribution >= 0.6 is 23.1 Å². The lowest BCUT2D eigenvalue weighted by molar-refractivity contribution is -0.115. The van der Waals surface area contributed by atoms with E-state index in [1.54, 1.807) is 17.7 Å². The summed E-state index contributed by atoms with van der Waals surface area (Å²) in [5, 5.41) is 13.7. The lowest BCUT2D eigenvalue weighted by atomic mass is 10.2. The fraction of sp³-hybridized carbons (Fsp3) is 0.208. The molecule has 0 bridgehead atoms. The molecule has 1 amide bonds. The summed E-state index contributed by atoms with van der Waals surface area (Å²) in [7, 11) is 0. The molecule has 8 heteroatoms. The van der Waals surface area contributed by atoms with Crippen molar-refractivity contribution >= 4 is 34.7 Å². The van der Waals surface area contributed by atoms with E-state index >= 15 is 0 Å². The van der Waals surface area contributed by atoms with E-state index in [0.29, 0.717) is 6.61 Å². The lowest BCUT2D eigenvalue weighted by Crippen LogP contribution is -2.23. The van der Waals surface area contributed by atoms with Gasteiger partial charge in [-0.15, -0.1) is 21.5 Å². The van der Waals surface area contributed by atoms with Crippen molar-refractivity contribution in [2.45, 2.75) is 36.9 Å². The Labute approximate surface area is 195 Å². The number of ether oxygens (including phenoxy) is 1. The van der Waals surface area contributed by atoms with Crippen molar-refractivity contribution in [1.29, 1.82) is 0 Å². The molecule has 6 nitrogen and oxygen atoms in total. The zero-order valence-corrected chi connectivity index (χ0v) is 19.3. The third-order valence-electron chi connectivity index (χ3n) is 4.78. The number of anilines is 1. The summed E-state index contributed by atoms with van der Waals surface area (Å²) in [6.45, 7) is 3.16. The van der Waals surface area contributed by atoms with Gasteiger partial charge in [0.1, 0.15) is 18.7 Å². The number of rotatable bonds is 10. The van der Waals surface area contributed by atoms with Crippen LogP contribution in [0.2, 0.25) is 0 Å².